The number of carbonyl (C=O) groups is 2. The predicted octanol–water partition coefficient (Wildman–Crippen LogP) is 8.20. The van der Waals surface area contributed by atoms with Gasteiger partial charge in [-0.25, -0.2) is 9.59 Å². The van der Waals surface area contributed by atoms with Crippen molar-refractivity contribution >= 4 is 44.3 Å². The second-order valence-corrected chi connectivity index (χ2v) is 9.36. The Labute approximate surface area is 220 Å². The molecule has 0 N–H and O–H groups in total. The van der Waals surface area contributed by atoms with Crippen LogP contribution in [0, 0.1) is 13.8 Å². The minimum atomic E-state index is -0.440. The molecular formula is C34H24O4. The average molecular weight is 497 g/mol. The summed E-state index contributed by atoms with van der Waals surface area (Å²) < 4.78 is 12.0. The van der Waals surface area contributed by atoms with E-state index < -0.39 is 11.9 Å². The molecule has 0 bridgehead atoms. The van der Waals surface area contributed by atoms with Crippen molar-refractivity contribution in [3.63, 3.8) is 0 Å². The summed E-state index contributed by atoms with van der Waals surface area (Å²) in [4.78, 5) is 26.4. The summed E-state index contributed by atoms with van der Waals surface area (Å²) in [5.74, 6) is 0.0390. The maximum atomic E-state index is 13.2. The van der Waals surface area contributed by atoms with E-state index in [2.05, 4.69) is 0 Å². The van der Waals surface area contributed by atoms with Gasteiger partial charge in [0.2, 0.25) is 0 Å². The molecule has 0 heterocycles. The molecule has 0 aliphatic heterocycles. The van der Waals surface area contributed by atoms with E-state index in [0.717, 1.165) is 32.7 Å². The van der Waals surface area contributed by atoms with Crippen LogP contribution in [0.2, 0.25) is 0 Å². The van der Waals surface area contributed by atoms with Gasteiger partial charge in [-0.05, 0) is 70.8 Å². The summed E-state index contributed by atoms with van der Waals surface area (Å²) >= 11 is 0. The summed E-state index contributed by atoms with van der Waals surface area (Å²) in [6.07, 6.45) is 0. The van der Waals surface area contributed by atoms with Crippen LogP contribution in [0.1, 0.15) is 31.8 Å². The first kappa shape index (κ1) is 23.4. The lowest BCUT2D eigenvalue weighted by atomic mass is 9.99. The van der Waals surface area contributed by atoms with Crippen LogP contribution in [-0.4, -0.2) is 11.9 Å². The third kappa shape index (κ3) is 4.16. The fourth-order valence-electron chi connectivity index (χ4n) is 4.82. The van der Waals surface area contributed by atoms with Crippen molar-refractivity contribution in [1.82, 2.24) is 0 Å². The second kappa shape index (κ2) is 9.49. The first-order valence-electron chi connectivity index (χ1n) is 12.4. The SMILES string of the molecule is Cc1c(C)c(OC(=O)c2ccc3ccccc3c2)c2ccccc2c1OC(=O)c1ccc2ccccc2c1. The second-order valence-electron chi connectivity index (χ2n) is 9.36. The summed E-state index contributed by atoms with van der Waals surface area (Å²) in [5, 5.41) is 5.45. The van der Waals surface area contributed by atoms with Crippen molar-refractivity contribution in [1.29, 1.82) is 0 Å². The van der Waals surface area contributed by atoms with Crippen LogP contribution in [0.4, 0.5) is 0 Å². The number of benzene rings is 6. The van der Waals surface area contributed by atoms with E-state index in [0.29, 0.717) is 33.4 Å². The van der Waals surface area contributed by atoms with Crippen LogP contribution in [0.5, 0.6) is 11.5 Å². The van der Waals surface area contributed by atoms with Gasteiger partial charge in [0.1, 0.15) is 11.5 Å². The van der Waals surface area contributed by atoms with Crippen LogP contribution in [0.3, 0.4) is 0 Å². The molecule has 0 unspecified atom stereocenters. The van der Waals surface area contributed by atoms with Crippen LogP contribution < -0.4 is 9.47 Å². The molecule has 0 spiro atoms. The molecule has 0 aliphatic rings. The Morgan fingerprint density at radius 1 is 0.474 bits per heavy atom. The minimum Gasteiger partial charge on any atom is -0.422 e. The highest BCUT2D eigenvalue weighted by Crippen LogP contribution is 2.41. The van der Waals surface area contributed by atoms with Crippen LogP contribution in [0.25, 0.3) is 32.3 Å². The summed E-state index contributed by atoms with van der Waals surface area (Å²) in [7, 11) is 0. The number of fused-ring (bicyclic) bond motifs is 3. The van der Waals surface area contributed by atoms with Gasteiger partial charge in [-0.1, -0.05) is 84.9 Å². The highest BCUT2D eigenvalue weighted by atomic mass is 16.5. The molecule has 0 aromatic heterocycles. The standard InChI is InChI=1S/C34H24O4/c1-21-22(2)32(38-34(36)28-18-16-24-10-4-6-12-26(24)20-28)30-14-8-7-13-29(30)31(21)37-33(35)27-17-15-23-9-3-5-11-25(23)19-27/h3-20H,1-2H3. The fourth-order valence-corrected chi connectivity index (χ4v) is 4.82. The van der Waals surface area contributed by atoms with Gasteiger partial charge in [-0.15, -0.1) is 0 Å². The molecule has 6 aromatic carbocycles. The first-order valence-corrected chi connectivity index (χ1v) is 12.4. The maximum Gasteiger partial charge on any atom is 0.343 e. The number of hydrogen-bond acceptors (Lipinski definition) is 4. The van der Waals surface area contributed by atoms with Gasteiger partial charge in [0.25, 0.3) is 0 Å². The molecule has 0 saturated heterocycles. The van der Waals surface area contributed by atoms with Crippen LogP contribution in [-0.2, 0) is 0 Å². The van der Waals surface area contributed by atoms with Gasteiger partial charge in [-0.2, -0.15) is 0 Å². The van der Waals surface area contributed by atoms with Crippen molar-refractivity contribution in [2.75, 3.05) is 0 Å². The zero-order valence-electron chi connectivity index (χ0n) is 21.0. The van der Waals surface area contributed by atoms with Crippen molar-refractivity contribution in [2.45, 2.75) is 13.8 Å². The van der Waals surface area contributed by atoms with Gasteiger partial charge in [0, 0.05) is 10.8 Å². The summed E-state index contributed by atoms with van der Waals surface area (Å²) in [5.41, 5.74) is 2.41. The lowest BCUT2D eigenvalue weighted by Crippen LogP contribution is -2.13. The topological polar surface area (TPSA) is 52.6 Å². The van der Waals surface area contributed by atoms with E-state index >= 15 is 0 Å². The van der Waals surface area contributed by atoms with E-state index in [1.165, 1.54) is 0 Å². The van der Waals surface area contributed by atoms with Gasteiger partial charge in [-0.3, -0.25) is 0 Å². The molecule has 184 valence electrons. The summed E-state index contributed by atoms with van der Waals surface area (Å²) in [6.45, 7) is 3.75. The summed E-state index contributed by atoms with van der Waals surface area (Å²) in [6, 6.07) is 34.3. The lowest BCUT2D eigenvalue weighted by Gasteiger charge is -2.18. The van der Waals surface area contributed by atoms with Gasteiger partial charge >= 0.3 is 11.9 Å². The van der Waals surface area contributed by atoms with Crippen LogP contribution >= 0.6 is 0 Å². The normalized spacial score (nSPS) is 11.1. The zero-order chi connectivity index (χ0) is 26.2. The van der Waals surface area contributed by atoms with E-state index in [4.69, 9.17) is 9.47 Å². The fraction of sp³-hybridized carbons (Fsp3) is 0.0588. The molecule has 4 nitrogen and oxygen atoms in total. The van der Waals surface area contributed by atoms with Crippen molar-refractivity contribution in [3.8, 4) is 11.5 Å². The van der Waals surface area contributed by atoms with E-state index in [9.17, 15) is 9.59 Å². The molecule has 0 radical (unpaired) electrons. The third-order valence-corrected chi connectivity index (χ3v) is 7.02. The number of rotatable bonds is 4. The Morgan fingerprint density at radius 2 is 0.842 bits per heavy atom. The molecule has 6 rings (SSSR count). The Morgan fingerprint density at radius 3 is 1.26 bits per heavy atom. The minimum absolute atomic E-state index is 0.440. The lowest BCUT2D eigenvalue weighted by molar-refractivity contribution is 0.0721. The molecule has 0 fully saturated rings. The van der Waals surface area contributed by atoms with Crippen molar-refractivity contribution in [2.24, 2.45) is 0 Å². The Kier molecular flexibility index (Phi) is 5.85. The Bertz CT molecular complexity index is 1750. The molecule has 0 atom stereocenters. The molecule has 0 saturated carbocycles. The zero-order valence-corrected chi connectivity index (χ0v) is 21.0. The quantitative estimate of drug-likeness (QED) is 0.182. The highest BCUT2D eigenvalue weighted by molar-refractivity contribution is 6.03. The van der Waals surface area contributed by atoms with E-state index in [1.807, 2.05) is 111 Å². The van der Waals surface area contributed by atoms with Gasteiger partial charge < -0.3 is 9.47 Å². The Hall–Kier alpha value is -4.96. The van der Waals surface area contributed by atoms with E-state index in [1.54, 1.807) is 12.1 Å². The van der Waals surface area contributed by atoms with Gasteiger partial charge in [0.05, 0.1) is 11.1 Å². The van der Waals surface area contributed by atoms with Gasteiger partial charge in [0.15, 0.2) is 0 Å². The van der Waals surface area contributed by atoms with Crippen molar-refractivity contribution < 1.29 is 19.1 Å². The number of carbonyl (C=O) groups excluding carboxylic acids is 2. The smallest absolute Gasteiger partial charge is 0.343 e. The van der Waals surface area contributed by atoms with E-state index in [-0.39, 0.29) is 0 Å². The third-order valence-electron chi connectivity index (χ3n) is 7.02. The number of ether oxygens (including phenoxy) is 2. The molecule has 38 heavy (non-hydrogen) atoms. The molecule has 4 heteroatoms. The largest absolute Gasteiger partial charge is 0.422 e. The van der Waals surface area contributed by atoms with Crippen LogP contribution in [0.15, 0.2) is 109 Å². The Balaban J connectivity index is 1.37. The monoisotopic (exact) mass is 496 g/mol. The van der Waals surface area contributed by atoms with Crippen molar-refractivity contribution in [3.05, 3.63) is 131 Å². The molecule has 0 aliphatic carbocycles. The number of esters is 2. The maximum absolute atomic E-state index is 13.2. The molecule has 0 amide bonds. The molecular weight excluding hydrogens is 472 g/mol. The molecule has 6 aromatic rings. The number of hydrogen-bond donors (Lipinski definition) is 0. The first-order chi connectivity index (χ1) is 18.5. The highest BCUT2D eigenvalue weighted by Gasteiger charge is 2.22. The predicted molar refractivity (Wildman–Crippen MR) is 151 cm³/mol. The average Bonchev–Trinajstić information content (AvgIpc) is 2.96.